The van der Waals surface area contributed by atoms with Crippen molar-refractivity contribution in [2.45, 2.75) is 46.4 Å². The second-order valence-corrected chi connectivity index (χ2v) is 8.89. The third kappa shape index (κ3) is 4.45. The number of hydrogen-bond acceptors (Lipinski definition) is 7. The van der Waals surface area contributed by atoms with Crippen molar-refractivity contribution in [1.82, 2.24) is 30.0 Å². The fourth-order valence-electron chi connectivity index (χ4n) is 3.76. The molecule has 1 N–H and O–H groups in total. The molecule has 3 aromatic rings. The molecule has 1 fully saturated rings. The first kappa shape index (κ1) is 21.4. The van der Waals surface area contributed by atoms with Crippen LogP contribution in [0.15, 0.2) is 18.3 Å². The molecular weight excluding hydrogens is 416 g/mol. The van der Waals surface area contributed by atoms with E-state index in [1.54, 1.807) is 22.7 Å². The maximum atomic E-state index is 13.0. The summed E-state index contributed by atoms with van der Waals surface area (Å²) in [5.41, 5.74) is 0.802. The van der Waals surface area contributed by atoms with Gasteiger partial charge < -0.3 is 15.0 Å². The second kappa shape index (κ2) is 8.72. The molecule has 0 spiro atoms. The number of nitrogens with one attached hydrogen (secondary N) is 1. The van der Waals surface area contributed by atoms with Gasteiger partial charge in [-0.15, -0.1) is 11.3 Å². The first-order valence-corrected chi connectivity index (χ1v) is 11.1. The maximum Gasteiger partial charge on any atom is 0.262 e. The quantitative estimate of drug-likeness (QED) is 0.650. The first-order valence-electron chi connectivity index (χ1n) is 10.3. The fraction of sp³-hybridized carbons (Fsp3) is 0.476. The average Bonchev–Trinajstić information content (AvgIpc) is 3.27. The smallest absolute Gasteiger partial charge is 0.262 e. The number of pyridine rings is 1. The molecule has 4 rings (SSSR count). The van der Waals surface area contributed by atoms with Crippen molar-refractivity contribution >= 4 is 33.4 Å². The number of thiophene rings is 1. The number of amides is 2. The van der Waals surface area contributed by atoms with E-state index in [1.807, 2.05) is 32.9 Å². The van der Waals surface area contributed by atoms with E-state index in [2.05, 4.69) is 20.4 Å². The summed E-state index contributed by atoms with van der Waals surface area (Å²) in [5, 5.41) is 8.14. The predicted octanol–water partition coefficient (Wildman–Crippen LogP) is 2.24. The molecule has 1 atom stereocenters. The number of carbonyl (C=O) groups excluding carboxylic acids is 2. The van der Waals surface area contributed by atoms with Gasteiger partial charge in [-0.2, -0.15) is 5.10 Å². The van der Waals surface area contributed by atoms with Gasteiger partial charge in [0.2, 0.25) is 5.91 Å². The van der Waals surface area contributed by atoms with Crippen molar-refractivity contribution in [3.8, 4) is 0 Å². The van der Waals surface area contributed by atoms with Crippen molar-refractivity contribution in [3.63, 3.8) is 0 Å². The van der Waals surface area contributed by atoms with E-state index in [4.69, 9.17) is 4.74 Å². The van der Waals surface area contributed by atoms with Crippen LogP contribution in [0, 0.1) is 13.8 Å². The Kier molecular flexibility index (Phi) is 6.01. The lowest BCUT2D eigenvalue weighted by Crippen LogP contribution is -2.44. The minimum Gasteiger partial charge on any atom is -0.370 e. The van der Waals surface area contributed by atoms with E-state index in [1.165, 1.54) is 11.3 Å². The lowest BCUT2D eigenvalue weighted by atomic mass is 10.0. The highest BCUT2D eigenvalue weighted by atomic mass is 32.1. The van der Waals surface area contributed by atoms with E-state index >= 15 is 0 Å². The second-order valence-electron chi connectivity index (χ2n) is 7.89. The van der Waals surface area contributed by atoms with Crippen molar-refractivity contribution in [3.05, 3.63) is 40.4 Å². The van der Waals surface area contributed by atoms with E-state index in [-0.39, 0.29) is 24.4 Å². The third-order valence-electron chi connectivity index (χ3n) is 5.12. The van der Waals surface area contributed by atoms with E-state index in [0.29, 0.717) is 36.2 Å². The Labute approximate surface area is 184 Å². The number of carbonyl (C=O) groups is 2. The van der Waals surface area contributed by atoms with Crippen molar-refractivity contribution in [2.24, 2.45) is 0 Å². The van der Waals surface area contributed by atoms with Crippen LogP contribution in [-0.4, -0.2) is 62.2 Å². The van der Waals surface area contributed by atoms with Gasteiger partial charge in [-0.3, -0.25) is 9.59 Å². The molecule has 0 unspecified atom stereocenters. The zero-order valence-electron chi connectivity index (χ0n) is 18.1. The molecule has 3 aromatic heterocycles. The molecule has 0 saturated carbocycles. The van der Waals surface area contributed by atoms with Gasteiger partial charge in [-0.1, -0.05) is 6.07 Å². The maximum absolute atomic E-state index is 13.0. The summed E-state index contributed by atoms with van der Waals surface area (Å²) >= 11 is 1.36. The molecule has 2 amide bonds. The van der Waals surface area contributed by atoms with Crippen LogP contribution in [0.1, 0.15) is 46.8 Å². The van der Waals surface area contributed by atoms with Crippen LogP contribution in [-0.2, 0) is 16.1 Å². The number of aryl methyl sites for hydroxylation is 2. The van der Waals surface area contributed by atoms with E-state index in [0.717, 1.165) is 15.8 Å². The SMILES string of the molecule is Cc1nc(C)n(CC(=O)N2CCO[C@H](c3c(C(=O)NC(C)C)sc4ncccc34)C2)n1. The molecule has 0 radical (unpaired) electrons. The molecule has 0 aliphatic carbocycles. The molecular formula is C21H26N6O3S. The molecule has 4 heterocycles. The highest BCUT2D eigenvalue weighted by molar-refractivity contribution is 7.20. The molecule has 1 aliphatic rings. The largest absolute Gasteiger partial charge is 0.370 e. The Bertz CT molecular complexity index is 1120. The zero-order chi connectivity index (χ0) is 22.1. The Hall–Kier alpha value is -2.85. The van der Waals surface area contributed by atoms with Crippen LogP contribution >= 0.6 is 11.3 Å². The molecule has 9 nitrogen and oxygen atoms in total. The highest BCUT2D eigenvalue weighted by Gasteiger charge is 2.32. The minimum absolute atomic E-state index is 0.0123. The van der Waals surface area contributed by atoms with Gasteiger partial charge in [-0.05, 0) is 33.8 Å². The van der Waals surface area contributed by atoms with Gasteiger partial charge in [0, 0.05) is 29.7 Å². The average molecular weight is 443 g/mol. The molecule has 164 valence electrons. The molecule has 0 bridgehead atoms. The summed E-state index contributed by atoms with van der Waals surface area (Å²) in [6.07, 6.45) is 1.31. The van der Waals surface area contributed by atoms with E-state index in [9.17, 15) is 9.59 Å². The summed E-state index contributed by atoms with van der Waals surface area (Å²) < 4.78 is 7.67. The Morgan fingerprint density at radius 3 is 2.87 bits per heavy atom. The number of ether oxygens (including phenoxy) is 1. The van der Waals surface area contributed by atoms with Gasteiger partial charge in [0.1, 0.15) is 34.0 Å². The van der Waals surface area contributed by atoms with Crippen LogP contribution in [0.25, 0.3) is 10.2 Å². The van der Waals surface area contributed by atoms with Crippen LogP contribution < -0.4 is 5.32 Å². The fourth-order valence-corrected chi connectivity index (χ4v) is 4.85. The van der Waals surface area contributed by atoms with Gasteiger partial charge >= 0.3 is 0 Å². The lowest BCUT2D eigenvalue weighted by molar-refractivity contribution is -0.139. The van der Waals surface area contributed by atoms with Crippen molar-refractivity contribution in [2.75, 3.05) is 19.7 Å². The molecule has 0 aromatic carbocycles. The van der Waals surface area contributed by atoms with Crippen LogP contribution in [0.5, 0.6) is 0 Å². The standard InChI is InChI=1S/C21H26N6O3S/c1-12(2)23-20(29)19-18(15-6-5-7-22-21(15)31-19)16-10-26(8-9-30-16)17(28)11-27-14(4)24-13(3)25-27/h5-7,12,16H,8-11H2,1-4H3,(H,23,29)/t16-/m0/s1. The third-order valence-corrected chi connectivity index (χ3v) is 6.25. The summed E-state index contributed by atoms with van der Waals surface area (Å²) in [6.45, 7) is 8.88. The Morgan fingerprint density at radius 1 is 1.35 bits per heavy atom. The normalized spacial score (nSPS) is 16.8. The monoisotopic (exact) mass is 442 g/mol. The molecule has 1 saturated heterocycles. The van der Waals surface area contributed by atoms with Gasteiger partial charge in [-0.25, -0.2) is 14.6 Å². The number of morpholine rings is 1. The summed E-state index contributed by atoms with van der Waals surface area (Å²) in [4.78, 5) is 37.7. The molecule has 1 aliphatic heterocycles. The number of fused-ring (bicyclic) bond motifs is 1. The number of rotatable bonds is 5. The molecule has 10 heteroatoms. The van der Waals surface area contributed by atoms with E-state index < -0.39 is 6.10 Å². The topological polar surface area (TPSA) is 102 Å². The predicted molar refractivity (Wildman–Crippen MR) is 117 cm³/mol. The number of hydrogen-bond donors (Lipinski definition) is 1. The van der Waals surface area contributed by atoms with Crippen LogP contribution in [0.2, 0.25) is 0 Å². The Morgan fingerprint density at radius 2 is 2.16 bits per heavy atom. The van der Waals surface area contributed by atoms with Gasteiger partial charge in [0.05, 0.1) is 13.2 Å². The number of nitrogens with zero attached hydrogens (tertiary/aromatic N) is 5. The summed E-state index contributed by atoms with van der Waals surface area (Å²) in [7, 11) is 0. The zero-order valence-corrected chi connectivity index (χ0v) is 18.9. The minimum atomic E-state index is -0.401. The van der Waals surface area contributed by atoms with Crippen molar-refractivity contribution in [1.29, 1.82) is 0 Å². The summed E-state index contributed by atoms with van der Waals surface area (Å²) in [5.74, 6) is 1.15. The van der Waals surface area contributed by atoms with Crippen LogP contribution in [0.4, 0.5) is 0 Å². The molecule has 31 heavy (non-hydrogen) atoms. The van der Waals surface area contributed by atoms with Gasteiger partial charge in [0.25, 0.3) is 5.91 Å². The summed E-state index contributed by atoms with van der Waals surface area (Å²) in [6, 6.07) is 3.81. The van der Waals surface area contributed by atoms with Crippen molar-refractivity contribution < 1.29 is 14.3 Å². The number of aromatic nitrogens is 4. The van der Waals surface area contributed by atoms with Gasteiger partial charge in [0.15, 0.2) is 0 Å². The van der Waals surface area contributed by atoms with Crippen LogP contribution in [0.3, 0.4) is 0 Å². The highest BCUT2D eigenvalue weighted by Crippen LogP contribution is 2.37. The first-order chi connectivity index (χ1) is 14.8. The Balaban J connectivity index is 1.61. The lowest BCUT2D eigenvalue weighted by Gasteiger charge is -2.33.